The van der Waals surface area contributed by atoms with Crippen LogP contribution in [0.2, 0.25) is 0 Å². The van der Waals surface area contributed by atoms with Gasteiger partial charge in [0, 0.05) is 30.1 Å². The number of rotatable bonds is 4. The minimum Gasteiger partial charge on any atom is -0.355 e. The summed E-state index contributed by atoms with van der Waals surface area (Å²) in [6.07, 6.45) is 0. The van der Waals surface area contributed by atoms with Crippen molar-refractivity contribution in [2.45, 2.75) is 0 Å². The summed E-state index contributed by atoms with van der Waals surface area (Å²) in [7, 11) is 1.52. The Hall–Kier alpha value is -3.61. The first-order valence-electron chi connectivity index (χ1n) is 7.58. The number of nitrogens with zero attached hydrogens (tertiary/aromatic N) is 1. The summed E-state index contributed by atoms with van der Waals surface area (Å²) in [5.74, 6) is 0.115. The van der Waals surface area contributed by atoms with Crippen molar-refractivity contribution >= 4 is 23.3 Å². The number of hydrogen-bond acceptors (Lipinski definition) is 4. The minimum absolute atomic E-state index is 0.170. The Kier molecular flexibility index (Phi) is 4.75. The van der Waals surface area contributed by atoms with Crippen LogP contribution in [0.1, 0.15) is 10.5 Å². The molecule has 0 aliphatic carbocycles. The lowest BCUT2D eigenvalue weighted by atomic mass is 10.1. The van der Waals surface area contributed by atoms with Crippen molar-refractivity contribution in [3.8, 4) is 11.3 Å². The Balaban J connectivity index is 1.71. The number of benzene rings is 2. The van der Waals surface area contributed by atoms with Gasteiger partial charge in [0.05, 0.1) is 0 Å². The number of carbonyl (C=O) groups excluding carboxylic acids is 2. The van der Waals surface area contributed by atoms with Crippen LogP contribution in [-0.2, 0) is 0 Å². The Morgan fingerprint density at radius 1 is 0.920 bits per heavy atom. The summed E-state index contributed by atoms with van der Waals surface area (Å²) in [4.78, 5) is 23.7. The number of hydrogen-bond donors (Lipinski definition) is 3. The molecule has 1 aromatic heterocycles. The van der Waals surface area contributed by atoms with Crippen LogP contribution in [0.3, 0.4) is 0 Å². The zero-order chi connectivity index (χ0) is 17.6. The van der Waals surface area contributed by atoms with Crippen molar-refractivity contribution in [3.63, 3.8) is 0 Å². The van der Waals surface area contributed by atoms with Gasteiger partial charge >= 0.3 is 6.03 Å². The molecule has 7 heteroatoms. The van der Waals surface area contributed by atoms with Gasteiger partial charge in [-0.05, 0) is 18.2 Å². The molecule has 2 aromatic carbocycles. The third kappa shape index (κ3) is 4.03. The normalized spacial score (nSPS) is 10.1. The molecule has 0 aliphatic heterocycles. The van der Waals surface area contributed by atoms with Crippen LogP contribution in [0.5, 0.6) is 0 Å². The van der Waals surface area contributed by atoms with Crippen molar-refractivity contribution in [1.29, 1.82) is 0 Å². The third-order valence-corrected chi connectivity index (χ3v) is 3.41. The molecule has 3 rings (SSSR count). The van der Waals surface area contributed by atoms with Gasteiger partial charge in [-0.1, -0.05) is 41.6 Å². The van der Waals surface area contributed by atoms with E-state index in [0.717, 1.165) is 5.56 Å². The second kappa shape index (κ2) is 7.31. The van der Waals surface area contributed by atoms with E-state index in [0.29, 0.717) is 17.1 Å². The SMILES string of the molecule is CNC(=O)Nc1cccc(NC(=O)c2cc(-c3ccccc3)on2)c1. The molecule has 3 aromatic rings. The summed E-state index contributed by atoms with van der Waals surface area (Å²) in [5.41, 5.74) is 2.10. The van der Waals surface area contributed by atoms with E-state index in [2.05, 4.69) is 21.1 Å². The van der Waals surface area contributed by atoms with Crippen LogP contribution < -0.4 is 16.0 Å². The molecule has 0 spiro atoms. The molecule has 7 nitrogen and oxygen atoms in total. The second-order valence-electron chi connectivity index (χ2n) is 5.18. The van der Waals surface area contributed by atoms with E-state index in [4.69, 9.17) is 4.52 Å². The number of anilines is 2. The molecule has 0 unspecified atom stereocenters. The van der Waals surface area contributed by atoms with E-state index < -0.39 is 5.91 Å². The van der Waals surface area contributed by atoms with Crippen molar-refractivity contribution in [3.05, 3.63) is 66.4 Å². The van der Waals surface area contributed by atoms with Crippen LogP contribution in [0.25, 0.3) is 11.3 Å². The van der Waals surface area contributed by atoms with E-state index in [9.17, 15) is 9.59 Å². The van der Waals surface area contributed by atoms with Gasteiger partial charge in [-0.15, -0.1) is 0 Å². The fourth-order valence-electron chi connectivity index (χ4n) is 2.18. The Labute approximate surface area is 144 Å². The van der Waals surface area contributed by atoms with Crippen LogP contribution in [-0.4, -0.2) is 24.1 Å². The zero-order valence-electron chi connectivity index (χ0n) is 13.4. The lowest BCUT2D eigenvalue weighted by Gasteiger charge is -2.07. The average molecular weight is 336 g/mol. The first-order chi connectivity index (χ1) is 12.2. The Morgan fingerprint density at radius 3 is 2.36 bits per heavy atom. The quantitative estimate of drug-likeness (QED) is 0.681. The predicted molar refractivity (Wildman–Crippen MR) is 94.4 cm³/mol. The fourth-order valence-corrected chi connectivity index (χ4v) is 2.18. The van der Waals surface area contributed by atoms with E-state index in [1.807, 2.05) is 30.3 Å². The highest BCUT2D eigenvalue weighted by molar-refractivity contribution is 6.03. The monoisotopic (exact) mass is 336 g/mol. The maximum Gasteiger partial charge on any atom is 0.318 e. The lowest BCUT2D eigenvalue weighted by Crippen LogP contribution is -2.24. The maximum atomic E-state index is 12.3. The van der Waals surface area contributed by atoms with E-state index in [1.165, 1.54) is 7.05 Å². The lowest BCUT2D eigenvalue weighted by molar-refractivity contribution is 0.101. The number of nitrogens with one attached hydrogen (secondary N) is 3. The molecule has 126 valence electrons. The van der Waals surface area contributed by atoms with Crippen molar-refractivity contribution in [2.24, 2.45) is 0 Å². The number of aromatic nitrogens is 1. The summed E-state index contributed by atoms with van der Waals surface area (Å²) in [5, 5.41) is 11.6. The summed E-state index contributed by atoms with van der Waals surface area (Å²) in [6.45, 7) is 0. The first kappa shape index (κ1) is 16.3. The highest BCUT2D eigenvalue weighted by Crippen LogP contribution is 2.21. The fraction of sp³-hybridized carbons (Fsp3) is 0.0556. The summed E-state index contributed by atoms with van der Waals surface area (Å²) in [6, 6.07) is 17.4. The van der Waals surface area contributed by atoms with Gasteiger partial charge in [0.1, 0.15) is 0 Å². The molecular formula is C18H16N4O3. The molecule has 0 saturated heterocycles. The topological polar surface area (TPSA) is 96.3 Å². The van der Waals surface area contributed by atoms with Gasteiger partial charge < -0.3 is 20.5 Å². The average Bonchev–Trinajstić information content (AvgIpc) is 3.13. The van der Waals surface area contributed by atoms with Crippen LogP contribution in [0.15, 0.2) is 65.2 Å². The Morgan fingerprint density at radius 2 is 1.64 bits per heavy atom. The highest BCUT2D eigenvalue weighted by atomic mass is 16.5. The molecule has 0 saturated carbocycles. The van der Waals surface area contributed by atoms with E-state index >= 15 is 0 Å². The summed E-state index contributed by atoms with van der Waals surface area (Å²) < 4.78 is 5.22. The molecule has 0 bridgehead atoms. The highest BCUT2D eigenvalue weighted by Gasteiger charge is 2.14. The number of amides is 3. The molecular weight excluding hydrogens is 320 g/mol. The third-order valence-electron chi connectivity index (χ3n) is 3.41. The van der Waals surface area contributed by atoms with Crippen molar-refractivity contribution in [1.82, 2.24) is 10.5 Å². The van der Waals surface area contributed by atoms with Crippen LogP contribution in [0.4, 0.5) is 16.2 Å². The standard InChI is InChI=1S/C18H16N4O3/c1-19-18(24)21-14-9-5-8-13(10-14)20-17(23)15-11-16(25-22-15)12-6-3-2-4-7-12/h2-11H,1H3,(H,20,23)(H2,19,21,24). The zero-order valence-corrected chi connectivity index (χ0v) is 13.4. The molecule has 0 atom stereocenters. The van der Waals surface area contributed by atoms with E-state index in [-0.39, 0.29) is 11.7 Å². The van der Waals surface area contributed by atoms with Gasteiger partial charge in [0.15, 0.2) is 11.5 Å². The van der Waals surface area contributed by atoms with Gasteiger partial charge in [0.2, 0.25) is 0 Å². The molecule has 0 aliphatic rings. The van der Waals surface area contributed by atoms with Crippen molar-refractivity contribution in [2.75, 3.05) is 17.7 Å². The van der Waals surface area contributed by atoms with Gasteiger partial charge in [-0.25, -0.2) is 4.79 Å². The number of carbonyl (C=O) groups is 2. The van der Waals surface area contributed by atoms with Gasteiger partial charge in [-0.2, -0.15) is 0 Å². The van der Waals surface area contributed by atoms with E-state index in [1.54, 1.807) is 30.3 Å². The first-order valence-corrected chi connectivity index (χ1v) is 7.58. The minimum atomic E-state index is -0.400. The summed E-state index contributed by atoms with van der Waals surface area (Å²) >= 11 is 0. The number of urea groups is 1. The van der Waals surface area contributed by atoms with Crippen molar-refractivity contribution < 1.29 is 14.1 Å². The molecule has 0 fully saturated rings. The van der Waals surface area contributed by atoms with Crippen LogP contribution in [0, 0.1) is 0 Å². The molecule has 25 heavy (non-hydrogen) atoms. The smallest absolute Gasteiger partial charge is 0.318 e. The Bertz CT molecular complexity index is 890. The molecule has 3 amide bonds. The second-order valence-corrected chi connectivity index (χ2v) is 5.18. The maximum absolute atomic E-state index is 12.3. The van der Waals surface area contributed by atoms with Gasteiger partial charge in [0.25, 0.3) is 5.91 Å². The molecule has 0 radical (unpaired) electrons. The largest absolute Gasteiger partial charge is 0.355 e. The molecule has 3 N–H and O–H groups in total. The van der Waals surface area contributed by atoms with Gasteiger partial charge in [-0.3, -0.25) is 4.79 Å². The predicted octanol–water partition coefficient (Wildman–Crippen LogP) is 3.35. The van der Waals surface area contributed by atoms with Crippen LogP contribution >= 0.6 is 0 Å². The molecule has 1 heterocycles.